The molecule has 0 amide bonds. The van der Waals surface area contributed by atoms with E-state index in [9.17, 15) is 0 Å². The number of nitrogens with zero attached hydrogens (tertiary/aromatic N) is 1. The molecule has 0 aliphatic heterocycles. The Balaban J connectivity index is 2.41. The molecule has 2 unspecified atom stereocenters. The van der Waals surface area contributed by atoms with Gasteiger partial charge in [0.25, 0.3) is 0 Å². The molecule has 1 heterocycles. The fourth-order valence-electron chi connectivity index (χ4n) is 1.73. The largest absolute Gasteiger partial charge is 0.348 e. The third kappa shape index (κ3) is 2.10. The van der Waals surface area contributed by atoms with Gasteiger partial charge in [-0.3, -0.25) is 0 Å². The summed E-state index contributed by atoms with van der Waals surface area (Å²) >= 11 is 0. The number of hydrogen-bond donors (Lipinski definition) is 1. The lowest BCUT2D eigenvalue weighted by molar-refractivity contribution is 0.844. The molecule has 0 aliphatic carbocycles. The summed E-state index contributed by atoms with van der Waals surface area (Å²) in [5, 5.41) is 1.24. The van der Waals surface area contributed by atoms with E-state index in [4.69, 9.17) is 0 Å². The van der Waals surface area contributed by atoms with Crippen molar-refractivity contribution in [3.8, 4) is 0 Å². The molecule has 3 heteroatoms. The maximum absolute atomic E-state index is 4.30. The van der Waals surface area contributed by atoms with E-state index >= 15 is 0 Å². The van der Waals surface area contributed by atoms with E-state index in [-0.39, 0.29) is 0 Å². The second-order valence-corrected chi connectivity index (χ2v) is 4.45. The van der Waals surface area contributed by atoms with Crippen LogP contribution in [0, 0.1) is 6.92 Å². The van der Waals surface area contributed by atoms with Crippen LogP contribution in [-0.2, 0) is 0 Å². The molecule has 1 aromatic heterocycles. The monoisotopic (exact) mass is 218 g/mol. The highest BCUT2D eigenvalue weighted by Crippen LogP contribution is 2.21. The fraction of sp³-hybridized carbons (Fsp3) is 0.250. The summed E-state index contributed by atoms with van der Waals surface area (Å²) in [6.45, 7) is 4.28. The lowest BCUT2D eigenvalue weighted by Gasteiger charge is -2.13. The second kappa shape index (κ2) is 4.16. The Morgan fingerprint density at radius 3 is 2.87 bits per heavy atom. The van der Waals surface area contributed by atoms with Crippen molar-refractivity contribution >= 4 is 14.5 Å². The Bertz CT molecular complexity index is 449. The van der Waals surface area contributed by atoms with E-state index in [2.05, 4.69) is 51.3 Å². The van der Waals surface area contributed by atoms with Crippen molar-refractivity contribution in [1.82, 2.24) is 9.97 Å². The van der Waals surface area contributed by atoms with Crippen LogP contribution in [0.1, 0.15) is 29.8 Å². The molecule has 0 spiro atoms. The van der Waals surface area contributed by atoms with Gasteiger partial charge in [0, 0.05) is 18.3 Å². The Hall–Kier alpha value is -1.14. The summed E-state index contributed by atoms with van der Waals surface area (Å²) in [6.07, 6.45) is 3.66. The summed E-state index contributed by atoms with van der Waals surface area (Å²) in [5.41, 5.74) is 2.60. The van der Waals surface area contributed by atoms with Gasteiger partial charge in [-0.1, -0.05) is 30.7 Å². The molecule has 0 saturated heterocycles. The van der Waals surface area contributed by atoms with E-state index in [1.54, 1.807) is 6.20 Å². The van der Waals surface area contributed by atoms with Gasteiger partial charge in [0.2, 0.25) is 0 Å². The quantitative estimate of drug-likeness (QED) is 0.770. The predicted octanol–water partition coefficient (Wildman–Crippen LogP) is 2.37. The molecule has 0 aliphatic rings. The Kier molecular flexibility index (Phi) is 2.88. The number of hydrogen-bond acceptors (Lipinski definition) is 1. The summed E-state index contributed by atoms with van der Waals surface area (Å²) in [6, 6.07) is 6.48. The maximum atomic E-state index is 4.30. The van der Waals surface area contributed by atoms with Crippen LogP contribution in [0.5, 0.6) is 0 Å². The number of benzene rings is 1. The van der Waals surface area contributed by atoms with Gasteiger partial charge in [-0.15, -0.1) is 9.24 Å². The number of imidazole rings is 1. The highest BCUT2D eigenvalue weighted by atomic mass is 31.0. The Labute approximate surface area is 92.3 Å². The van der Waals surface area contributed by atoms with Crippen molar-refractivity contribution in [2.75, 3.05) is 0 Å². The van der Waals surface area contributed by atoms with Crippen LogP contribution in [0.3, 0.4) is 0 Å². The molecule has 2 rings (SSSR count). The van der Waals surface area contributed by atoms with Crippen LogP contribution in [0.2, 0.25) is 0 Å². The van der Waals surface area contributed by atoms with E-state index in [1.807, 2.05) is 6.20 Å². The molecule has 2 atom stereocenters. The molecule has 0 bridgehead atoms. The minimum Gasteiger partial charge on any atom is -0.348 e. The van der Waals surface area contributed by atoms with Gasteiger partial charge < -0.3 is 4.98 Å². The third-order valence-corrected chi connectivity index (χ3v) is 3.16. The van der Waals surface area contributed by atoms with Gasteiger partial charge in [-0.25, -0.2) is 4.98 Å². The number of aromatic amines is 1. The van der Waals surface area contributed by atoms with E-state index in [0.29, 0.717) is 5.92 Å². The average molecular weight is 218 g/mol. The molecule has 1 aromatic carbocycles. The second-order valence-electron chi connectivity index (χ2n) is 3.83. The lowest BCUT2D eigenvalue weighted by atomic mass is 9.99. The molecule has 1 N–H and O–H groups in total. The van der Waals surface area contributed by atoms with Gasteiger partial charge in [-0.05, 0) is 17.8 Å². The minimum absolute atomic E-state index is 0.312. The zero-order valence-electron chi connectivity index (χ0n) is 8.99. The van der Waals surface area contributed by atoms with Crippen molar-refractivity contribution in [2.24, 2.45) is 0 Å². The van der Waals surface area contributed by atoms with Crippen molar-refractivity contribution in [2.45, 2.75) is 19.8 Å². The van der Waals surface area contributed by atoms with Crippen molar-refractivity contribution < 1.29 is 0 Å². The van der Waals surface area contributed by atoms with E-state index < -0.39 is 0 Å². The van der Waals surface area contributed by atoms with Crippen molar-refractivity contribution in [1.29, 1.82) is 0 Å². The summed E-state index contributed by atoms with van der Waals surface area (Å²) < 4.78 is 0. The number of nitrogens with one attached hydrogen (secondary N) is 1. The molecule has 0 radical (unpaired) electrons. The van der Waals surface area contributed by atoms with Crippen LogP contribution in [0.25, 0.3) is 0 Å². The SMILES string of the molecule is Cc1ccc(P)c(C(C)c2ncc[nH]2)c1. The number of aromatic nitrogens is 2. The van der Waals surface area contributed by atoms with E-state index in [1.165, 1.54) is 16.4 Å². The first-order chi connectivity index (χ1) is 7.18. The van der Waals surface area contributed by atoms with Gasteiger partial charge in [0.05, 0.1) is 0 Å². The van der Waals surface area contributed by atoms with Crippen LogP contribution in [-0.4, -0.2) is 9.97 Å². The van der Waals surface area contributed by atoms with Crippen LogP contribution < -0.4 is 5.30 Å². The highest BCUT2D eigenvalue weighted by Gasteiger charge is 2.12. The lowest BCUT2D eigenvalue weighted by Crippen LogP contribution is -2.08. The van der Waals surface area contributed by atoms with Gasteiger partial charge in [0.15, 0.2) is 0 Å². The molecule has 0 saturated carbocycles. The number of rotatable bonds is 2. The zero-order valence-corrected chi connectivity index (χ0v) is 10.1. The zero-order chi connectivity index (χ0) is 10.8. The molecule has 78 valence electrons. The Morgan fingerprint density at radius 1 is 1.40 bits per heavy atom. The van der Waals surface area contributed by atoms with Gasteiger partial charge in [-0.2, -0.15) is 0 Å². The van der Waals surface area contributed by atoms with Gasteiger partial charge >= 0.3 is 0 Å². The summed E-state index contributed by atoms with van der Waals surface area (Å²) in [7, 11) is 2.78. The first-order valence-electron chi connectivity index (χ1n) is 5.04. The summed E-state index contributed by atoms with van der Waals surface area (Å²) in [5.74, 6) is 1.33. The van der Waals surface area contributed by atoms with Crippen LogP contribution in [0.15, 0.2) is 30.6 Å². The standard InChI is InChI=1S/C12H15N2P/c1-8-3-4-11(15)10(7-8)9(2)12-13-5-6-14-12/h3-7,9H,15H2,1-2H3,(H,13,14). The van der Waals surface area contributed by atoms with Crippen LogP contribution in [0.4, 0.5) is 0 Å². The fourth-order valence-corrected chi connectivity index (χ4v) is 2.16. The van der Waals surface area contributed by atoms with Crippen molar-refractivity contribution in [3.63, 3.8) is 0 Å². The summed E-state index contributed by atoms with van der Waals surface area (Å²) in [4.78, 5) is 7.46. The smallest absolute Gasteiger partial charge is 0.113 e. The molecular formula is C12H15N2P. The van der Waals surface area contributed by atoms with Crippen LogP contribution >= 0.6 is 9.24 Å². The number of aryl methyl sites for hydroxylation is 1. The van der Waals surface area contributed by atoms with Gasteiger partial charge in [0.1, 0.15) is 5.82 Å². The highest BCUT2D eigenvalue weighted by molar-refractivity contribution is 7.27. The Morgan fingerprint density at radius 2 is 2.20 bits per heavy atom. The van der Waals surface area contributed by atoms with E-state index in [0.717, 1.165) is 5.82 Å². The predicted molar refractivity (Wildman–Crippen MR) is 66.6 cm³/mol. The average Bonchev–Trinajstić information content (AvgIpc) is 2.74. The van der Waals surface area contributed by atoms with Crippen molar-refractivity contribution in [3.05, 3.63) is 47.5 Å². The molecule has 2 aromatic rings. The maximum Gasteiger partial charge on any atom is 0.113 e. The molecule has 2 nitrogen and oxygen atoms in total. The molecule has 15 heavy (non-hydrogen) atoms. The first kappa shape index (κ1) is 10.4. The normalized spacial score (nSPS) is 12.7. The first-order valence-corrected chi connectivity index (χ1v) is 5.61. The number of H-pyrrole nitrogens is 1. The molecule has 0 fully saturated rings. The topological polar surface area (TPSA) is 28.7 Å². The molecular weight excluding hydrogens is 203 g/mol. The minimum atomic E-state index is 0.312. The third-order valence-electron chi connectivity index (χ3n) is 2.64.